The molecular formula is C6H10ClN3O. The summed E-state index contributed by atoms with van der Waals surface area (Å²) in [7, 11) is 0. The predicted molar refractivity (Wildman–Crippen MR) is 41.4 cm³/mol. The van der Waals surface area contributed by atoms with E-state index >= 15 is 0 Å². The fourth-order valence-corrected chi connectivity index (χ4v) is 0.861. The van der Waals surface area contributed by atoms with Gasteiger partial charge in [0, 0.05) is 12.4 Å². The average Bonchev–Trinajstić information content (AvgIpc) is 2.52. The molecule has 0 amide bonds. The molecule has 1 unspecified atom stereocenters. The summed E-state index contributed by atoms with van der Waals surface area (Å²) in [4.78, 5) is 3.76. The van der Waals surface area contributed by atoms with E-state index in [9.17, 15) is 0 Å². The molecule has 11 heavy (non-hydrogen) atoms. The van der Waals surface area contributed by atoms with Crippen LogP contribution in [0.1, 0.15) is 6.42 Å². The molecule has 1 heterocycles. The van der Waals surface area contributed by atoms with Gasteiger partial charge in [-0.25, -0.2) is 4.98 Å². The molecular weight excluding hydrogens is 166 g/mol. The van der Waals surface area contributed by atoms with Crippen LogP contribution in [0.4, 0.5) is 0 Å². The fourth-order valence-electron chi connectivity index (χ4n) is 0.707. The van der Waals surface area contributed by atoms with Crippen molar-refractivity contribution in [1.82, 2.24) is 14.8 Å². The highest BCUT2D eigenvalue weighted by molar-refractivity contribution is 6.18. The molecule has 0 saturated carbocycles. The van der Waals surface area contributed by atoms with Crippen molar-refractivity contribution in [3.8, 4) is 0 Å². The van der Waals surface area contributed by atoms with Gasteiger partial charge in [0.05, 0.1) is 6.10 Å². The van der Waals surface area contributed by atoms with Gasteiger partial charge in [0.15, 0.2) is 0 Å². The van der Waals surface area contributed by atoms with E-state index in [-0.39, 0.29) is 5.88 Å². The number of hydrogen-bond donors (Lipinski definition) is 1. The molecule has 4 nitrogen and oxygen atoms in total. The molecule has 0 aromatic carbocycles. The van der Waals surface area contributed by atoms with E-state index in [1.807, 2.05) is 0 Å². The third kappa shape index (κ3) is 2.86. The zero-order valence-corrected chi connectivity index (χ0v) is 6.78. The van der Waals surface area contributed by atoms with Gasteiger partial charge < -0.3 is 5.11 Å². The molecule has 0 fully saturated rings. The number of aliphatic hydroxyl groups excluding tert-OH is 1. The minimum Gasteiger partial charge on any atom is -0.392 e. The van der Waals surface area contributed by atoms with Gasteiger partial charge >= 0.3 is 0 Å². The summed E-state index contributed by atoms with van der Waals surface area (Å²) in [6.07, 6.45) is 3.25. The molecule has 1 N–H and O–H groups in total. The Hall–Kier alpha value is -0.610. The first-order valence-electron chi connectivity index (χ1n) is 3.39. The Morgan fingerprint density at radius 3 is 3.00 bits per heavy atom. The fraction of sp³-hybridized carbons (Fsp3) is 0.667. The van der Waals surface area contributed by atoms with Gasteiger partial charge in [-0.05, 0) is 6.42 Å². The minimum atomic E-state index is -0.444. The Kier molecular flexibility index (Phi) is 3.32. The zero-order valence-electron chi connectivity index (χ0n) is 6.02. The highest BCUT2D eigenvalue weighted by Gasteiger charge is 2.01. The van der Waals surface area contributed by atoms with E-state index in [4.69, 9.17) is 16.7 Å². The van der Waals surface area contributed by atoms with Crippen molar-refractivity contribution >= 4 is 11.6 Å². The lowest BCUT2D eigenvalue weighted by atomic mass is 10.3. The van der Waals surface area contributed by atoms with Crippen LogP contribution in [0.15, 0.2) is 12.7 Å². The van der Waals surface area contributed by atoms with Crippen molar-refractivity contribution in [2.24, 2.45) is 0 Å². The molecule has 0 radical (unpaired) electrons. The molecule has 0 spiro atoms. The number of aryl methyl sites for hydroxylation is 1. The van der Waals surface area contributed by atoms with Crippen LogP contribution in [0.5, 0.6) is 0 Å². The van der Waals surface area contributed by atoms with E-state index in [1.165, 1.54) is 6.33 Å². The van der Waals surface area contributed by atoms with Crippen LogP contribution >= 0.6 is 11.6 Å². The quantitative estimate of drug-likeness (QED) is 0.669. The van der Waals surface area contributed by atoms with Crippen molar-refractivity contribution in [2.75, 3.05) is 5.88 Å². The second kappa shape index (κ2) is 4.31. The third-order valence-electron chi connectivity index (χ3n) is 1.34. The minimum absolute atomic E-state index is 0.273. The van der Waals surface area contributed by atoms with Gasteiger partial charge in [-0.1, -0.05) is 0 Å². The third-order valence-corrected chi connectivity index (χ3v) is 1.69. The number of aromatic nitrogens is 3. The maximum Gasteiger partial charge on any atom is 0.137 e. The number of rotatable bonds is 4. The summed E-state index contributed by atoms with van der Waals surface area (Å²) in [5.41, 5.74) is 0. The van der Waals surface area contributed by atoms with Gasteiger partial charge in [-0.2, -0.15) is 5.10 Å². The highest BCUT2D eigenvalue weighted by Crippen LogP contribution is 1.96. The summed E-state index contributed by atoms with van der Waals surface area (Å²) in [5, 5.41) is 12.9. The van der Waals surface area contributed by atoms with Gasteiger partial charge in [-0.15, -0.1) is 11.6 Å². The van der Waals surface area contributed by atoms with E-state index in [0.717, 1.165) is 0 Å². The largest absolute Gasteiger partial charge is 0.392 e. The van der Waals surface area contributed by atoms with Crippen LogP contribution in [-0.4, -0.2) is 31.9 Å². The van der Waals surface area contributed by atoms with Gasteiger partial charge in [0.2, 0.25) is 0 Å². The number of alkyl halides is 1. The number of halogens is 1. The van der Waals surface area contributed by atoms with E-state index < -0.39 is 6.10 Å². The van der Waals surface area contributed by atoms with Crippen molar-refractivity contribution < 1.29 is 5.11 Å². The molecule has 1 aromatic rings. The second-order valence-corrected chi connectivity index (χ2v) is 2.56. The Balaban J connectivity index is 2.23. The molecule has 0 aliphatic rings. The Labute approximate surface area is 69.8 Å². The monoisotopic (exact) mass is 175 g/mol. The molecule has 5 heteroatoms. The lowest BCUT2D eigenvalue weighted by molar-refractivity contribution is 0.179. The summed E-state index contributed by atoms with van der Waals surface area (Å²) >= 11 is 5.40. The second-order valence-electron chi connectivity index (χ2n) is 2.26. The summed E-state index contributed by atoms with van der Waals surface area (Å²) in [5.74, 6) is 0.273. The van der Waals surface area contributed by atoms with Gasteiger partial charge in [0.1, 0.15) is 12.7 Å². The van der Waals surface area contributed by atoms with Crippen molar-refractivity contribution in [1.29, 1.82) is 0 Å². The normalized spacial score (nSPS) is 13.3. The first-order chi connectivity index (χ1) is 5.33. The smallest absolute Gasteiger partial charge is 0.137 e. The molecule has 0 aliphatic heterocycles. The Bertz CT molecular complexity index is 190. The Morgan fingerprint density at radius 2 is 2.45 bits per heavy atom. The van der Waals surface area contributed by atoms with Crippen LogP contribution in [0, 0.1) is 0 Å². The van der Waals surface area contributed by atoms with E-state index in [1.54, 1.807) is 11.0 Å². The van der Waals surface area contributed by atoms with Crippen molar-refractivity contribution in [2.45, 2.75) is 19.1 Å². The standard InChI is InChI=1S/C6H10ClN3O/c7-3-6(11)1-2-10-5-8-4-9-10/h4-6,11H,1-3H2. The molecule has 62 valence electrons. The summed E-state index contributed by atoms with van der Waals surface area (Å²) in [6.45, 7) is 0.661. The van der Waals surface area contributed by atoms with Gasteiger partial charge in [0.25, 0.3) is 0 Å². The number of hydrogen-bond acceptors (Lipinski definition) is 3. The maximum atomic E-state index is 9.06. The lowest BCUT2D eigenvalue weighted by Gasteiger charge is -2.04. The molecule has 1 rings (SSSR count). The van der Waals surface area contributed by atoms with Crippen LogP contribution < -0.4 is 0 Å². The van der Waals surface area contributed by atoms with Crippen molar-refractivity contribution in [3.63, 3.8) is 0 Å². The lowest BCUT2D eigenvalue weighted by Crippen LogP contribution is -2.12. The SMILES string of the molecule is OC(CCl)CCn1cncn1. The first kappa shape index (κ1) is 8.49. The van der Waals surface area contributed by atoms with Crippen LogP contribution in [-0.2, 0) is 6.54 Å². The predicted octanol–water partition coefficient (Wildman–Crippen LogP) is 0.268. The van der Waals surface area contributed by atoms with Gasteiger partial charge in [-0.3, -0.25) is 4.68 Å². The van der Waals surface area contributed by atoms with E-state index in [0.29, 0.717) is 13.0 Å². The number of aliphatic hydroxyl groups is 1. The number of nitrogens with zero attached hydrogens (tertiary/aromatic N) is 3. The van der Waals surface area contributed by atoms with Crippen LogP contribution in [0.3, 0.4) is 0 Å². The van der Waals surface area contributed by atoms with Crippen LogP contribution in [0.2, 0.25) is 0 Å². The topological polar surface area (TPSA) is 50.9 Å². The molecule has 1 atom stereocenters. The van der Waals surface area contributed by atoms with Crippen molar-refractivity contribution in [3.05, 3.63) is 12.7 Å². The molecule has 1 aromatic heterocycles. The molecule has 0 bridgehead atoms. The zero-order chi connectivity index (χ0) is 8.10. The summed E-state index contributed by atoms with van der Waals surface area (Å²) in [6, 6.07) is 0. The Morgan fingerprint density at radius 1 is 1.64 bits per heavy atom. The molecule has 0 aliphatic carbocycles. The maximum absolute atomic E-state index is 9.06. The van der Waals surface area contributed by atoms with E-state index in [2.05, 4.69) is 10.1 Å². The first-order valence-corrected chi connectivity index (χ1v) is 3.93. The summed E-state index contributed by atoms with van der Waals surface area (Å²) < 4.78 is 1.66. The average molecular weight is 176 g/mol. The van der Waals surface area contributed by atoms with Crippen LogP contribution in [0.25, 0.3) is 0 Å². The molecule has 0 saturated heterocycles. The highest BCUT2D eigenvalue weighted by atomic mass is 35.5.